The minimum Gasteiger partial charge on any atom is -0.351 e. The summed E-state index contributed by atoms with van der Waals surface area (Å²) in [7, 11) is 0. The maximum Gasteiger partial charge on any atom is 0.230 e. The lowest BCUT2D eigenvalue weighted by molar-refractivity contribution is -0.119. The average molecular weight is 327 g/mol. The van der Waals surface area contributed by atoms with Crippen molar-refractivity contribution < 1.29 is 4.79 Å². The van der Waals surface area contributed by atoms with Crippen LogP contribution in [0.1, 0.15) is 6.92 Å². The highest BCUT2D eigenvalue weighted by Crippen LogP contribution is 2.15. The van der Waals surface area contributed by atoms with Crippen LogP contribution in [0.15, 0.2) is 53.7 Å². The zero-order valence-corrected chi connectivity index (χ0v) is 13.5. The van der Waals surface area contributed by atoms with Crippen LogP contribution in [-0.4, -0.2) is 37.7 Å². The molecule has 0 aliphatic rings. The van der Waals surface area contributed by atoms with Crippen molar-refractivity contribution in [2.45, 2.75) is 24.4 Å². The van der Waals surface area contributed by atoms with Crippen LogP contribution in [0.4, 0.5) is 0 Å². The lowest BCUT2D eigenvalue weighted by Gasteiger charge is -2.14. The fourth-order valence-corrected chi connectivity index (χ4v) is 2.95. The zero-order chi connectivity index (χ0) is 16.1. The fraction of sp³-hybridized carbons (Fsp3) is 0.250. The molecule has 0 fully saturated rings. The van der Waals surface area contributed by atoms with E-state index in [1.54, 1.807) is 12.4 Å². The number of nitrogens with zero attached hydrogens (tertiary/aromatic N) is 4. The molecule has 23 heavy (non-hydrogen) atoms. The molecule has 2 heterocycles. The number of hydrogen-bond acceptors (Lipinski definition) is 5. The van der Waals surface area contributed by atoms with Crippen LogP contribution in [0.25, 0.3) is 11.0 Å². The van der Waals surface area contributed by atoms with E-state index in [1.807, 2.05) is 48.0 Å². The predicted octanol–water partition coefficient (Wildman–Crippen LogP) is 2.12. The Hall–Kier alpha value is -2.41. The maximum absolute atomic E-state index is 12.0. The molecule has 1 aromatic carbocycles. The van der Waals surface area contributed by atoms with E-state index in [1.165, 1.54) is 11.8 Å². The van der Waals surface area contributed by atoms with E-state index >= 15 is 0 Å². The smallest absolute Gasteiger partial charge is 0.230 e. The molecule has 0 saturated carbocycles. The molecule has 3 aromatic rings. The summed E-state index contributed by atoms with van der Waals surface area (Å²) in [6, 6.07) is 11.5. The van der Waals surface area contributed by atoms with Crippen LogP contribution in [-0.2, 0) is 11.3 Å². The number of carbonyl (C=O) groups excluding carboxylic acids is 1. The van der Waals surface area contributed by atoms with Gasteiger partial charge >= 0.3 is 0 Å². The number of carbonyl (C=O) groups is 1. The molecule has 2 aromatic heterocycles. The number of fused-ring (bicyclic) bond motifs is 1. The Bertz CT molecular complexity index is 789. The molecule has 6 nitrogen and oxygen atoms in total. The lowest BCUT2D eigenvalue weighted by atomic mass is 10.3. The summed E-state index contributed by atoms with van der Waals surface area (Å²) in [5.74, 6) is 0.385. The Morgan fingerprint density at radius 3 is 2.87 bits per heavy atom. The van der Waals surface area contributed by atoms with Gasteiger partial charge in [-0.3, -0.25) is 9.78 Å². The molecule has 0 aliphatic carbocycles. The van der Waals surface area contributed by atoms with Crippen molar-refractivity contribution in [2.24, 2.45) is 0 Å². The number of para-hydroxylation sites is 1. The van der Waals surface area contributed by atoms with Crippen LogP contribution >= 0.6 is 11.8 Å². The number of pyridine rings is 1. The van der Waals surface area contributed by atoms with E-state index in [-0.39, 0.29) is 11.9 Å². The zero-order valence-electron chi connectivity index (χ0n) is 12.7. The first kappa shape index (κ1) is 15.5. The van der Waals surface area contributed by atoms with Crippen LogP contribution in [0.5, 0.6) is 0 Å². The molecule has 0 bridgehead atoms. The summed E-state index contributed by atoms with van der Waals surface area (Å²) >= 11 is 1.49. The topological polar surface area (TPSA) is 72.7 Å². The number of hydrogen-bond donors (Lipinski definition) is 1. The third-order valence-corrected chi connectivity index (χ3v) is 4.31. The van der Waals surface area contributed by atoms with Crippen LogP contribution < -0.4 is 5.32 Å². The summed E-state index contributed by atoms with van der Waals surface area (Å²) in [5.41, 5.74) is 1.83. The molecule has 0 unspecified atom stereocenters. The van der Waals surface area contributed by atoms with Crippen molar-refractivity contribution in [1.29, 1.82) is 0 Å². The molecule has 3 rings (SSSR count). The number of nitrogens with one attached hydrogen (secondary N) is 1. The largest absolute Gasteiger partial charge is 0.351 e. The molecule has 1 N–H and O–H groups in total. The summed E-state index contributed by atoms with van der Waals surface area (Å²) in [5, 5.41) is 11.2. The van der Waals surface area contributed by atoms with E-state index < -0.39 is 0 Å². The number of aromatic nitrogens is 4. The van der Waals surface area contributed by atoms with Crippen molar-refractivity contribution in [1.82, 2.24) is 25.3 Å². The monoisotopic (exact) mass is 327 g/mol. The Kier molecular flexibility index (Phi) is 4.87. The van der Waals surface area contributed by atoms with Crippen molar-refractivity contribution in [2.75, 3.05) is 5.75 Å². The molecule has 118 valence electrons. The number of benzene rings is 1. The van der Waals surface area contributed by atoms with Gasteiger partial charge in [0.15, 0.2) is 0 Å². The molecule has 0 radical (unpaired) electrons. The molecular formula is C16H17N5OS. The van der Waals surface area contributed by atoms with Gasteiger partial charge in [0, 0.05) is 23.3 Å². The first-order valence-electron chi connectivity index (χ1n) is 7.33. The minimum absolute atomic E-state index is 0.00346. The van der Waals surface area contributed by atoms with Gasteiger partial charge in [-0.25, -0.2) is 4.68 Å². The highest BCUT2D eigenvalue weighted by molar-refractivity contribution is 8.00. The number of amides is 1. The van der Waals surface area contributed by atoms with Gasteiger partial charge in [0.05, 0.1) is 17.8 Å². The summed E-state index contributed by atoms with van der Waals surface area (Å²) in [6.45, 7) is 2.55. The Morgan fingerprint density at radius 1 is 1.26 bits per heavy atom. The molecular weight excluding hydrogens is 310 g/mol. The highest BCUT2D eigenvalue weighted by Gasteiger charge is 2.11. The number of rotatable bonds is 6. The third kappa shape index (κ3) is 4.07. The SMILES string of the molecule is C[C@H](Cn1nnc2ccccc21)NC(=O)CSc1ccncc1. The minimum atomic E-state index is -0.0225. The van der Waals surface area contributed by atoms with Gasteiger partial charge in [0.2, 0.25) is 5.91 Å². The van der Waals surface area contributed by atoms with Gasteiger partial charge in [-0.2, -0.15) is 0 Å². The van der Waals surface area contributed by atoms with Gasteiger partial charge in [-0.15, -0.1) is 16.9 Å². The van der Waals surface area contributed by atoms with E-state index in [0.29, 0.717) is 12.3 Å². The van der Waals surface area contributed by atoms with E-state index in [2.05, 4.69) is 20.6 Å². The molecule has 0 spiro atoms. The number of thioether (sulfide) groups is 1. The van der Waals surface area contributed by atoms with Crippen molar-refractivity contribution in [3.05, 3.63) is 48.8 Å². The fourth-order valence-electron chi connectivity index (χ4n) is 2.26. The van der Waals surface area contributed by atoms with Crippen molar-refractivity contribution in [3.63, 3.8) is 0 Å². The standard InChI is InChI=1S/C16H17N5OS/c1-12(10-21-15-5-3-2-4-14(15)19-20-21)18-16(22)11-23-13-6-8-17-9-7-13/h2-9,12H,10-11H2,1H3,(H,18,22)/t12-/m1/s1. The molecule has 0 saturated heterocycles. The van der Waals surface area contributed by atoms with Gasteiger partial charge < -0.3 is 5.32 Å². The van der Waals surface area contributed by atoms with Crippen LogP contribution in [0.3, 0.4) is 0 Å². The Morgan fingerprint density at radius 2 is 2.04 bits per heavy atom. The second kappa shape index (κ2) is 7.23. The molecule has 0 aliphatic heterocycles. The summed E-state index contributed by atoms with van der Waals surface area (Å²) in [6.07, 6.45) is 3.44. The lowest BCUT2D eigenvalue weighted by Crippen LogP contribution is -2.37. The van der Waals surface area contributed by atoms with Gasteiger partial charge in [0.1, 0.15) is 5.52 Å². The molecule has 1 atom stereocenters. The Labute approximate surface area is 138 Å². The van der Waals surface area contributed by atoms with Crippen LogP contribution in [0, 0.1) is 0 Å². The van der Waals surface area contributed by atoms with Gasteiger partial charge in [-0.1, -0.05) is 17.3 Å². The predicted molar refractivity (Wildman–Crippen MR) is 90.1 cm³/mol. The second-order valence-corrected chi connectivity index (χ2v) is 6.25. The highest BCUT2D eigenvalue weighted by atomic mass is 32.2. The van der Waals surface area contributed by atoms with Crippen molar-refractivity contribution >= 4 is 28.7 Å². The van der Waals surface area contributed by atoms with Gasteiger partial charge in [0.25, 0.3) is 0 Å². The van der Waals surface area contributed by atoms with Crippen molar-refractivity contribution in [3.8, 4) is 0 Å². The van der Waals surface area contributed by atoms with Gasteiger partial charge in [-0.05, 0) is 31.2 Å². The second-order valence-electron chi connectivity index (χ2n) is 5.20. The third-order valence-electron chi connectivity index (χ3n) is 3.29. The molecule has 1 amide bonds. The molecule has 7 heteroatoms. The van der Waals surface area contributed by atoms with E-state index in [0.717, 1.165) is 15.9 Å². The average Bonchev–Trinajstić information content (AvgIpc) is 2.97. The normalized spacial score (nSPS) is 12.2. The first-order valence-corrected chi connectivity index (χ1v) is 8.31. The van der Waals surface area contributed by atoms with E-state index in [9.17, 15) is 4.79 Å². The van der Waals surface area contributed by atoms with E-state index in [4.69, 9.17) is 0 Å². The first-order chi connectivity index (χ1) is 11.2. The Balaban J connectivity index is 1.52. The van der Waals surface area contributed by atoms with Crippen LogP contribution in [0.2, 0.25) is 0 Å². The quantitative estimate of drug-likeness (QED) is 0.702. The summed E-state index contributed by atoms with van der Waals surface area (Å²) < 4.78 is 1.82. The maximum atomic E-state index is 12.0. The summed E-state index contributed by atoms with van der Waals surface area (Å²) in [4.78, 5) is 17.0.